The van der Waals surface area contributed by atoms with Crippen molar-refractivity contribution in [3.8, 4) is 0 Å². The molecule has 0 aliphatic carbocycles. The molecule has 0 atom stereocenters. The van der Waals surface area contributed by atoms with Crippen molar-refractivity contribution in [2.75, 3.05) is 12.3 Å². The third-order valence-corrected chi connectivity index (χ3v) is 1.87. The van der Waals surface area contributed by atoms with Gasteiger partial charge in [-0.05, 0) is 26.1 Å². The van der Waals surface area contributed by atoms with Gasteiger partial charge in [-0.1, -0.05) is 0 Å². The molecule has 74 valence electrons. The standard InChI is InChI=1S/C7H14N4OS/c1-5(2)12-4-3-11-6(8)9-10-7(11)13/h5H,3-4H2,1-2H3,(H2,8,9)(H,10,13). The zero-order valence-corrected chi connectivity index (χ0v) is 8.60. The van der Waals surface area contributed by atoms with Crippen LogP contribution in [0, 0.1) is 4.77 Å². The maximum Gasteiger partial charge on any atom is 0.220 e. The Hall–Kier alpha value is -0.880. The van der Waals surface area contributed by atoms with E-state index < -0.39 is 0 Å². The van der Waals surface area contributed by atoms with E-state index in [1.165, 1.54) is 0 Å². The first kappa shape index (κ1) is 10.2. The van der Waals surface area contributed by atoms with E-state index in [0.717, 1.165) is 0 Å². The first-order valence-corrected chi connectivity index (χ1v) is 4.54. The Morgan fingerprint density at radius 1 is 1.69 bits per heavy atom. The number of ether oxygens (including phenoxy) is 1. The molecule has 0 fully saturated rings. The number of nitrogens with zero attached hydrogens (tertiary/aromatic N) is 2. The van der Waals surface area contributed by atoms with Gasteiger partial charge in [0.25, 0.3) is 0 Å². The van der Waals surface area contributed by atoms with Crippen LogP contribution in [-0.4, -0.2) is 27.5 Å². The van der Waals surface area contributed by atoms with E-state index in [1.54, 1.807) is 4.57 Å². The summed E-state index contributed by atoms with van der Waals surface area (Å²) < 4.78 is 7.60. The van der Waals surface area contributed by atoms with Gasteiger partial charge >= 0.3 is 0 Å². The highest BCUT2D eigenvalue weighted by atomic mass is 32.1. The molecule has 0 bridgehead atoms. The van der Waals surface area contributed by atoms with Crippen molar-refractivity contribution in [1.82, 2.24) is 14.8 Å². The van der Waals surface area contributed by atoms with Gasteiger partial charge < -0.3 is 10.5 Å². The Kier molecular flexibility index (Phi) is 3.44. The molecule has 0 saturated heterocycles. The van der Waals surface area contributed by atoms with Gasteiger partial charge in [0, 0.05) is 0 Å². The minimum atomic E-state index is 0.224. The molecule has 1 rings (SSSR count). The molecule has 0 radical (unpaired) electrons. The van der Waals surface area contributed by atoms with Crippen LogP contribution in [0.3, 0.4) is 0 Å². The normalized spacial score (nSPS) is 11.0. The SMILES string of the molecule is CC(C)OCCn1c(N)n[nH]c1=S. The van der Waals surface area contributed by atoms with Crippen LogP contribution in [0.15, 0.2) is 0 Å². The second-order valence-corrected chi connectivity index (χ2v) is 3.34. The van der Waals surface area contributed by atoms with Gasteiger partial charge in [0.2, 0.25) is 5.95 Å². The lowest BCUT2D eigenvalue weighted by molar-refractivity contribution is 0.0728. The van der Waals surface area contributed by atoms with E-state index in [0.29, 0.717) is 23.9 Å². The smallest absolute Gasteiger partial charge is 0.220 e. The van der Waals surface area contributed by atoms with Crippen LogP contribution in [0.4, 0.5) is 5.95 Å². The highest BCUT2D eigenvalue weighted by Crippen LogP contribution is 1.99. The number of nitrogens with two attached hydrogens (primary N) is 1. The number of anilines is 1. The molecular weight excluding hydrogens is 188 g/mol. The molecule has 0 aromatic carbocycles. The van der Waals surface area contributed by atoms with Crippen LogP contribution in [0.1, 0.15) is 13.8 Å². The number of hydrogen-bond donors (Lipinski definition) is 2. The number of aromatic amines is 1. The zero-order chi connectivity index (χ0) is 9.84. The largest absolute Gasteiger partial charge is 0.377 e. The molecule has 0 spiro atoms. The topological polar surface area (TPSA) is 68.9 Å². The van der Waals surface area contributed by atoms with Crippen LogP contribution < -0.4 is 5.73 Å². The Morgan fingerprint density at radius 3 is 2.85 bits per heavy atom. The quantitative estimate of drug-likeness (QED) is 0.713. The Labute approximate surface area is 81.9 Å². The van der Waals surface area contributed by atoms with Crippen LogP contribution in [0.5, 0.6) is 0 Å². The highest BCUT2D eigenvalue weighted by Gasteiger charge is 2.01. The van der Waals surface area contributed by atoms with Crippen molar-refractivity contribution in [2.24, 2.45) is 0 Å². The molecule has 13 heavy (non-hydrogen) atoms. The van der Waals surface area contributed by atoms with Crippen molar-refractivity contribution >= 4 is 18.2 Å². The summed E-state index contributed by atoms with van der Waals surface area (Å²) in [6.07, 6.45) is 0.224. The van der Waals surface area contributed by atoms with Crippen molar-refractivity contribution in [1.29, 1.82) is 0 Å². The predicted octanol–water partition coefficient (Wildman–Crippen LogP) is 0.948. The predicted molar refractivity (Wildman–Crippen MR) is 52.9 cm³/mol. The molecule has 0 aliphatic rings. The second kappa shape index (κ2) is 4.38. The summed E-state index contributed by atoms with van der Waals surface area (Å²) in [6, 6.07) is 0. The number of hydrogen-bond acceptors (Lipinski definition) is 4. The van der Waals surface area contributed by atoms with E-state index in [2.05, 4.69) is 10.2 Å². The summed E-state index contributed by atoms with van der Waals surface area (Å²) in [4.78, 5) is 0. The van der Waals surface area contributed by atoms with Gasteiger partial charge in [0.1, 0.15) is 0 Å². The fourth-order valence-electron chi connectivity index (χ4n) is 0.926. The van der Waals surface area contributed by atoms with Gasteiger partial charge in [-0.2, -0.15) is 0 Å². The third-order valence-electron chi connectivity index (χ3n) is 1.55. The minimum absolute atomic E-state index is 0.224. The number of rotatable bonds is 4. The van der Waals surface area contributed by atoms with E-state index in [9.17, 15) is 0 Å². The molecule has 0 saturated carbocycles. The average molecular weight is 202 g/mol. The summed E-state index contributed by atoms with van der Waals surface area (Å²) in [5.74, 6) is 0.400. The van der Waals surface area contributed by atoms with Crippen molar-refractivity contribution < 1.29 is 4.74 Å². The molecule has 0 aliphatic heterocycles. The lowest BCUT2D eigenvalue weighted by Crippen LogP contribution is -2.12. The molecule has 5 nitrogen and oxygen atoms in total. The van der Waals surface area contributed by atoms with E-state index >= 15 is 0 Å². The molecule has 3 N–H and O–H groups in total. The van der Waals surface area contributed by atoms with Crippen LogP contribution >= 0.6 is 12.2 Å². The van der Waals surface area contributed by atoms with E-state index in [4.69, 9.17) is 22.7 Å². The summed E-state index contributed by atoms with van der Waals surface area (Å²) in [5, 5.41) is 6.39. The van der Waals surface area contributed by atoms with Gasteiger partial charge in [-0.15, -0.1) is 5.10 Å². The maximum absolute atomic E-state index is 5.56. The van der Waals surface area contributed by atoms with E-state index in [1.807, 2.05) is 13.8 Å². The summed E-state index contributed by atoms with van der Waals surface area (Å²) in [7, 11) is 0. The minimum Gasteiger partial charge on any atom is -0.377 e. The van der Waals surface area contributed by atoms with Crippen LogP contribution in [0.2, 0.25) is 0 Å². The van der Waals surface area contributed by atoms with Crippen molar-refractivity contribution in [2.45, 2.75) is 26.5 Å². The lowest BCUT2D eigenvalue weighted by atomic mass is 10.5. The van der Waals surface area contributed by atoms with Crippen LogP contribution in [-0.2, 0) is 11.3 Å². The fourth-order valence-corrected chi connectivity index (χ4v) is 1.16. The highest BCUT2D eigenvalue weighted by molar-refractivity contribution is 7.71. The molecule has 1 heterocycles. The second-order valence-electron chi connectivity index (χ2n) is 2.96. The molecule has 0 unspecified atom stereocenters. The Balaban J connectivity index is 2.50. The monoisotopic (exact) mass is 202 g/mol. The number of H-pyrrole nitrogens is 1. The van der Waals surface area contributed by atoms with Crippen molar-refractivity contribution in [3.05, 3.63) is 4.77 Å². The van der Waals surface area contributed by atoms with Gasteiger partial charge in [0.05, 0.1) is 19.3 Å². The maximum atomic E-state index is 5.56. The summed E-state index contributed by atoms with van der Waals surface area (Å²) >= 11 is 4.96. The Morgan fingerprint density at radius 2 is 2.38 bits per heavy atom. The average Bonchev–Trinajstić information content (AvgIpc) is 2.34. The summed E-state index contributed by atoms with van der Waals surface area (Å²) in [5.41, 5.74) is 5.56. The lowest BCUT2D eigenvalue weighted by Gasteiger charge is -2.07. The Bertz CT molecular complexity index is 317. The molecule has 6 heteroatoms. The van der Waals surface area contributed by atoms with Gasteiger partial charge in [0.15, 0.2) is 4.77 Å². The van der Waals surface area contributed by atoms with E-state index in [-0.39, 0.29) is 6.10 Å². The molecule has 1 aromatic rings. The number of aromatic nitrogens is 3. The fraction of sp³-hybridized carbons (Fsp3) is 0.714. The van der Waals surface area contributed by atoms with Crippen molar-refractivity contribution in [3.63, 3.8) is 0 Å². The molecule has 1 aromatic heterocycles. The molecule has 0 amide bonds. The third kappa shape index (κ3) is 2.82. The number of nitrogens with one attached hydrogen (secondary N) is 1. The first-order chi connectivity index (χ1) is 6.11. The first-order valence-electron chi connectivity index (χ1n) is 4.13. The zero-order valence-electron chi connectivity index (χ0n) is 7.78. The van der Waals surface area contributed by atoms with Gasteiger partial charge in [-0.3, -0.25) is 4.57 Å². The molecular formula is C7H14N4OS. The number of nitrogen functional groups attached to an aromatic ring is 1. The summed E-state index contributed by atoms with van der Waals surface area (Å²) in [6.45, 7) is 5.20. The van der Waals surface area contributed by atoms with Crippen LogP contribution in [0.25, 0.3) is 0 Å². The van der Waals surface area contributed by atoms with Gasteiger partial charge in [-0.25, -0.2) is 5.10 Å².